The number of hydrogen-bond acceptors (Lipinski definition) is 2. The van der Waals surface area contributed by atoms with Crippen LogP contribution < -0.4 is 5.32 Å². The van der Waals surface area contributed by atoms with Gasteiger partial charge in [0, 0.05) is 12.5 Å². The monoisotopic (exact) mass is 295 g/mol. The van der Waals surface area contributed by atoms with Crippen molar-refractivity contribution in [3.05, 3.63) is 71.3 Å². The lowest BCUT2D eigenvalue weighted by atomic mass is 9.90. The minimum absolute atomic E-state index is 0.0798. The number of rotatable bonds is 5. The first-order valence-corrected chi connectivity index (χ1v) is 7.79. The summed E-state index contributed by atoms with van der Waals surface area (Å²) >= 11 is 0. The Morgan fingerprint density at radius 1 is 1.09 bits per heavy atom. The Bertz CT molecular complexity index is 624. The van der Waals surface area contributed by atoms with Crippen molar-refractivity contribution >= 4 is 5.91 Å². The maximum atomic E-state index is 12.0. The predicted molar refractivity (Wildman–Crippen MR) is 86.6 cm³/mol. The first kappa shape index (κ1) is 14.8. The summed E-state index contributed by atoms with van der Waals surface area (Å²) in [7, 11) is 0. The first-order chi connectivity index (χ1) is 10.8. The van der Waals surface area contributed by atoms with E-state index in [9.17, 15) is 4.79 Å². The zero-order valence-electron chi connectivity index (χ0n) is 12.6. The van der Waals surface area contributed by atoms with Crippen LogP contribution in [-0.2, 0) is 22.6 Å². The molecule has 1 amide bonds. The third kappa shape index (κ3) is 3.74. The number of nitrogens with one attached hydrogen (secondary N) is 1. The average molecular weight is 295 g/mol. The maximum Gasteiger partial charge on any atom is 0.224 e. The maximum absolute atomic E-state index is 12.0. The predicted octanol–water partition coefficient (Wildman–Crippen LogP) is 3.05. The van der Waals surface area contributed by atoms with Crippen molar-refractivity contribution in [1.82, 2.24) is 5.32 Å². The van der Waals surface area contributed by atoms with Crippen LogP contribution in [0.25, 0.3) is 0 Å². The van der Waals surface area contributed by atoms with Gasteiger partial charge in [-0.1, -0.05) is 54.6 Å². The lowest BCUT2D eigenvalue weighted by Crippen LogP contribution is -2.28. The van der Waals surface area contributed by atoms with Gasteiger partial charge in [-0.3, -0.25) is 4.79 Å². The molecular formula is C19H21NO2. The van der Waals surface area contributed by atoms with Gasteiger partial charge in [-0.25, -0.2) is 0 Å². The Balaban J connectivity index is 1.49. The number of carbonyl (C=O) groups excluding carboxylic acids is 1. The molecule has 0 bridgehead atoms. The van der Waals surface area contributed by atoms with Crippen LogP contribution in [0.3, 0.4) is 0 Å². The number of fused-ring (bicyclic) bond motifs is 1. The first-order valence-electron chi connectivity index (χ1n) is 7.79. The third-order valence-electron chi connectivity index (χ3n) is 4.09. The summed E-state index contributed by atoms with van der Waals surface area (Å²) in [5, 5.41) is 3.01. The molecule has 0 saturated heterocycles. The molecule has 0 spiro atoms. The molecule has 1 aliphatic rings. The van der Waals surface area contributed by atoms with Gasteiger partial charge in [-0.05, 0) is 23.1 Å². The molecule has 1 aliphatic heterocycles. The summed E-state index contributed by atoms with van der Waals surface area (Å²) < 4.78 is 5.65. The minimum Gasteiger partial charge on any atom is -0.376 e. The fourth-order valence-electron chi connectivity index (χ4n) is 2.93. The Kier molecular flexibility index (Phi) is 4.86. The van der Waals surface area contributed by atoms with Crippen molar-refractivity contribution in [2.45, 2.75) is 25.4 Å². The Hall–Kier alpha value is -2.13. The Morgan fingerprint density at radius 2 is 1.86 bits per heavy atom. The molecule has 0 radical (unpaired) electrons. The normalized spacial score (nSPS) is 16.8. The van der Waals surface area contributed by atoms with Crippen LogP contribution >= 0.6 is 0 Å². The van der Waals surface area contributed by atoms with Crippen LogP contribution in [0.15, 0.2) is 54.6 Å². The van der Waals surface area contributed by atoms with Crippen molar-refractivity contribution in [3.63, 3.8) is 0 Å². The Labute approximate surface area is 131 Å². The molecule has 3 nitrogen and oxygen atoms in total. The molecule has 1 unspecified atom stereocenters. The molecule has 3 heteroatoms. The van der Waals surface area contributed by atoms with Crippen LogP contribution in [0.4, 0.5) is 0 Å². The molecule has 2 aromatic rings. The lowest BCUT2D eigenvalue weighted by Gasteiger charge is -2.25. The van der Waals surface area contributed by atoms with E-state index < -0.39 is 0 Å². The van der Waals surface area contributed by atoms with Gasteiger partial charge in [-0.2, -0.15) is 0 Å². The number of carbonyl (C=O) groups is 1. The van der Waals surface area contributed by atoms with Crippen molar-refractivity contribution in [2.24, 2.45) is 0 Å². The molecule has 1 atom stereocenters. The van der Waals surface area contributed by atoms with Gasteiger partial charge in [0.1, 0.15) is 0 Å². The second-order valence-corrected chi connectivity index (χ2v) is 5.71. The van der Waals surface area contributed by atoms with E-state index in [1.54, 1.807) is 0 Å². The summed E-state index contributed by atoms with van der Waals surface area (Å²) in [6.07, 6.45) is 1.36. The van der Waals surface area contributed by atoms with Gasteiger partial charge in [0.25, 0.3) is 0 Å². The standard InChI is InChI=1S/C19H21NO2/c21-19(12-15-6-2-1-3-7-15)20-11-10-17-14-22-13-16-8-4-5-9-18(16)17/h1-9,17H,10-14H2,(H,20,21). The zero-order valence-corrected chi connectivity index (χ0v) is 12.6. The fourth-order valence-corrected chi connectivity index (χ4v) is 2.93. The van der Waals surface area contributed by atoms with Gasteiger partial charge in [-0.15, -0.1) is 0 Å². The van der Waals surface area contributed by atoms with E-state index in [1.807, 2.05) is 36.4 Å². The smallest absolute Gasteiger partial charge is 0.224 e. The summed E-state index contributed by atoms with van der Waals surface area (Å²) in [5.74, 6) is 0.457. The van der Waals surface area contributed by atoms with E-state index in [1.165, 1.54) is 11.1 Å². The quantitative estimate of drug-likeness (QED) is 0.920. The van der Waals surface area contributed by atoms with Gasteiger partial charge < -0.3 is 10.1 Å². The molecule has 22 heavy (non-hydrogen) atoms. The molecular weight excluding hydrogens is 274 g/mol. The minimum atomic E-state index is 0.0798. The van der Waals surface area contributed by atoms with Crippen LogP contribution in [0.2, 0.25) is 0 Å². The lowest BCUT2D eigenvalue weighted by molar-refractivity contribution is -0.120. The number of ether oxygens (including phenoxy) is 1. The molecule has 0 aromatic heterocycles. The summed E-state index contributed by atoms with van der Waals surface area (Å²) in [5.41, 5.74) is 3.69. The highest BCUT2D eigenvalue weighted by atomic mass is 16.5. The van der Waals surface area contributed by atoms with E-state index in [0.717, 1.165) is 18.6 Å². The SMILES string of the molecule is O=C(Cc1ccccc1)NCCC1COCc2ccccc21. The van der Waals surface area contributed by atoms with E-state index in [-0.39, 0.29) is 5.91 Å². The second-order valence-electron chi connectivity index (χ2n) is 5.71. The van der Waals surface area contributed by atoms with Crippen molar-refractivity contribution in [1.29, 1.82) is 0 Å². The van der Waals surface area contributed by atoms with Crippen LogP contribution in [0, 0.1) is 0 Å². The largest absolute Gasteiger partial charge is 0.376 e. The zero-order chi connectivity index (χ0) is 15.2. The second kappa shape index (κ2) is 7.23. The molecule has 1 heterocycles. The van der Waals surface area contributed by atoms with Crippen molar-refractivity contribution < 1.29 is 9.53 Å². The number of benzene rings is 2. The van der Waals surface area contributed by atoms with E-state index in [0.29, 0.717) is 25.5 Å². The molecule has 3 rings (SSSR count). The number of amides is 1. The Morgan fingerprint density at radius 3 is 2.73 bits per heavy atom. The van der Waals surface area contributed by atoms with Crippen LogP contribution in [0.1, 0.15) is 29.0 Å². The fraction of sp³-hybridized carbons (Fsp3) is 0.316. The van der Waals surface area contributed by atoms with Gasteiger partial charge in [0.15, 0.2) is 0 Å². The van der Waals surface area contributed by atoms with Gasteiger partial charge >= 0.3 is 0 Å². The van der Waals surface area contributed by atoms with E-state index in [4.69, 9.17) is 4.74 Å². The summed E-state index contributed by atoms with van der Waals surface area (Å²) in [4.78, 5) is 12.0. The highest BCUT2D eigenvalue weighted by molar-refractivity contribution is 5.78. The molecule has 2 aromatic carbocycles. The highest BCUT2D eigenvalue weighted by Crippen LogP contribution is 2.28. The number of hydrogen-bond donors (Lipinski definition) is 1. The van der Waals surface area contributed by atoms with Gasteiger partial charge in [0.05, 0.1) is 19.6 Å². The average Bonchev–Trinajstić information content (AvgIpc) is 2.56. The molecule has 0 fully saturated rings. The summed E-state index contributed by atoms with van der Waals surface area (Å²) in [6, 6.07) is 18.2. The van der Waals surface area contributed by atoms with E-state index >= 15 is 0 Å². The van der Waals surface area contributed by atoms with Crippen LogP contribution in [0.5, 0.6) is 0 Å². The van der Waals surface area contributed by atoms with Crippen LogP contribution in [-0.4, -0.2) is 19.1 Å². The molecule has 1 N–H and O–H groups in total. The molecule has 0 aliphatic carbocycles. The topological polar surface area (TPSA) is 38.3 Å². The van der Waals surface area contributed by atoms with Crippen molar-refractivity contribution in [3.8, 4) is 0 Å². The van der Waals surface area contributed by atoms with E-state index in [2.05, 4.69) is 23.5 Å². The third-order valence-corrected chi connectivity index (χ3v) is 4.09. The van der Waals surface area contributed by atoms with Gasteiger partial charge in [0.2, 0.25) is 5.91 Å². The highest BCUT2D eigenvalue weighted by Gasteiger charge is 2.20. The molecule has 0 saturated carbocycles. The van der Waals surface area contributed by atoms with Crippen molar-refractivity contribution in [2.75, 3.05) is 13.2 Å². The summed E-state index contributed by atoms with van der Waals surface area (Å²) in [6.45, 7) is 2.13. The molecule has 114 valence electrons.